The lowest BCUT2D eigenvalue weighted by molar-refractivity contribution is -0.564. The smallest absolute Gasteiger partial charge is 0.281 e. The van der Waals surface area contributed by atoms with E-state index in [0.717, 1.165) is 81.2 Å². The molecule has 0 radical (unpaired) electrons. The van der Waals surface area contributed by atoms with Crippen molar-refractivity contribution in [3.63, 3.8) is 0 Å². The van der Waals surface area contributed by atoms with Gasteiger partial charge in [-0.15, -0.1) is 14.8 Å². The molecular weight excluding hydrogens is 570 g/mol. The van der Waals surface area contributed by atoms with Crippen LogP contribution in [0.4, 0.5) is 5.69 Å². The number of hydrogen-bond donors (Lipinski definition) is 0. The molecule has 6 rings (SSSR count). The predicted octanol–water partition coefficient (Wildman–Crippen LogP) is 7.27. The number of thioether (sulfide) groups is 1. The van der Waals surface area contributed by atoms with Gasteiger partial charge in [0.05, 0.1) is 16.1 Å². The summed E-state index contributed by atoms with van der Waals surface area (Å²) in [6.45, 7) is 1.88. The van der Waals surface area contributed by atoms with Gasteiger partial charge in [0, 0.05) is 65.7 Å². The minimum absolute atomic E-state index is 0.393. The summed E-state index contributed by atoms with van der Waals surface area (Å²) in [4.78, 5) is 28.4. The third kappa shape index (κ3) is 5.21. The highest BCUT2D eigenvalue weighted by molar-refractivity contribution is 8.32. The second kappa shape index (κ2) is 12.0. The third-order valence-corrected chi connectivity index (χ3v) is 13.3. The quantitative estimate of drug-likeness (QED) is 0.121. The minimum atomic E-state index is -1.73. The zero-order valence-electron chi connectivity index (χ0n) is 23.0. The van der Waals surface area contributed by atoms with Crippen molar-refractivity contribution in [1.82, 2.24) is 4.31 Å². The Morgan fingerprint density at radius 3 is 2.34 bits per heavy atom. The van der Waals surface area contributed by atoms with Crippen molar-refractivity contribution >= 4 is 68.8 Å². The molecule has 210 valence electrons. The molecule has 8 heteroatoms. The van der Waals surface area contributed by atoms with Crippen molar-refractivity contribution in [3.05, 3.63) is 94.6 Å². The number of anilines is 1. The van der Waals surface area contributed by atoms with E-state index in [1.54, 1.807) is 11.8 Å². The van der Waals surface area contributed by atoms with Crippen LogP contribution >= 0.6 is 33.6 Å². The van der Waals surface area contributed by atoms with E-state index in [-0.39, 0.29) is 0 Å². The molecule has 5 nitrogen and oxygen atoms in total. The van der Waals surface area contributed by atoms with Crippen LogP contribution in [-0.2, 0) is 9.59 Å². The zero-order chi connectivity index (χ0) is 28.4. The van der Waals surface area contributed by atoms with Crippen LogP contribution in [0.25, 0.3) is 22.7 Å². The molecule has 1 saturated heterocycles. The molecule has 1 aromatic heterocycles. The number of para-hydroxylation sites is 2. The van der Waals surface area contributed by atoms with E-state index in [9.17, 15) is 9.59 Å². The van der Waals surface area contributed by atoms with Gasteiger partial charge >= 0.3 is 0 Å². The molecule has 41 heavy (non-hydrogen) atoms. The topological polar surface area (TPSA) is 44.5 Å². The van der Waals surface area contributed by atoms with Crippen LogP contribution in [0.2, 0.25) is 5.15 Å². The maximum absolute atomic E-state index is 11.9. The van der Waals surface area contributed by atoms with Gasteiger partial charge < -0.3 is 14.5 Å². The first kappa shape index (κ1) is 28.0. The molecule has 2 aliphatic rings. The molecule has 0 N–H and O–H groups in total. The number of benzene rings is 3. The van der Waals surface area contributed by atoms with Gasteiger partial charge in [-0.2, -0.15) is 0 Å². The first-order chi connectivity index (χ1) is 20.1. The fourth-order valence-electron chi connectivity index (χ4n) is 5.97. The van der Waals surface area contributed by atoms with E-state index in [2.05, 4.69) is 75.4 Å². The SMILES string of the molecule is CN1C(=Cc2cc(Cl)[n+](-c3ccccc3)c3ccccc23)Sc2cc(S(CC=O)(CC=O)N3CCCCC3)ccc21. The number of fused-ring (bicyclic) bond motifs is 2. The number of halogens is 1. The summed E-state index contributed by atoms with van der Waals surface area (Å²) < 4.78 is 4.52. The number of piperidine rings is 1. The molecule has 0 amide bonds. The number of pyridine rings is 1. The summed E-state index contributed by atoms with van der Waals surface area (Å²) in [6, 6.07) is 27.1. The van der Waals surface area contributed by atoms with Gasteiger partial charge in [-0.05, 0) is 60.3 Å². The second-order valence-electron chi connectivity index (χ2n) is 10.4. The molecule has 0 spiro atoms. The van der Waals surface area contributed by atoms with Crippen LogP contribution in [0.3, 0.4) is 0 Å². The molecule has 3 aromatic carbocycles. The summed E-state index contributed by atoms with van der Waals surface area (Å²) in [5.74, 6) is 0.785. The largest absolute Gasteiger partial charge is 0.338 e. The number of aromatic nitrogens is 1. The van der Waals surface area contributed by atoms with E-state index in [4.69, 9.17) is 11.6 Å². The summed E-state index contributed by atoms with van der Waals surface area (Å²) in [5.41, 5.74) is 4.24. The van der Waals surface area contributed by atoms with Crippen LogP contribution in [0.1, 0.15) is 24.8 Å². The van der Waals surface area contributed by atoms with Crippen LogP contribution in [0.5, 0.6) is 0 Å². The third-order valence-electron chi connectivity index (χ3n) is 8.01. The van der Waals surface area contributed by atoms with Gasteiger partial charge in [-0.25, -0.2) is 0 Å². The molecule has 1 fully saturated rings. The lowest BCUT2D eigenvalue weighted by atomic mass is 10.1. The Balaban J connectivity index is 1.40. The zero-order valence-corrected chi connectivity index (χ0v) is 25.4. The average molecular weight is 603 g/mol. The van der Waals surface area contributed by atoms with Gasteiger partial charge in [-0.1, -0.05) is 48.5 Å². The van der Waals surface area contributed by atoms with E-state index in [1.165, 1.54) is 6.42 Å². The number of rotatable bonds is 8. The molecule has 0 atom stereocenters. The standard InChI is InChI=1S/C33H33ClN3O2S2/c1-35-30-15-14-27(41(20-18-38,21-19-39)36-16-8-3-9-17-36)24-31(30)40-33(35)23-25-22-32(34)37(26-10-4-2-5-11-26)29-13-7-6-12-28(25)29/h2,4-7,10-15,18-19,22-24H,3,8-9,16-17,20-21H2,1H3/q+1. The molecule has 3 heterocycles. The van der Waals surface area contributed by atoms with Crippen molar-refractivity contribution in [2.75, 3.05) is 36.5 Å². The van der Waals surface area contributed by atoms with Gasteiger partial charge in [-0.3, -0.25) is 4.31 Å². The lowest BCUT2D eigenvalue weighted by Gasteiger charge is -2.49. The maximum atomic E-state index is 11.9. The van der Waals surface area contributed by atoms with Crippen LogP contribution in [0.15, 0.2) is 93.7 Å². The second-order valence-corrected chi connectivity index (χ2v) is 15.2. The molecular formula is C33H33ClN3O2S2+. The van der Waals surface area contributed by atoms with Crippen molar-refractivity contribution < 1.29 is 14.2 Å². The minimum Gasteiger partial charge on any atom is -0.338 e. The fourth-order valence-corrected chi connectivity index (χ4v) is 10.8. The van der Waals surface area contributed by atoms with Crippen molar-refractivity contribution in [3.8, 4) is 5.69 Å². The number of carbonyl (C=O) groups is 2. The van der Waals surface area contributed by atoms with Gasteiger partial charge in [0.2, 0.25) is 11.2 Å². The Labute approximate surface area is 252 Å². The number of nitrogens with zero attached hydrogens (tertiary/aromatic N) is 3. The lowest BCUT2D eigenvalue weighted by Crippen LogP contribution is -2.37. The molecule has 2 aliphatic heterocycles. The molecule has 0 unspecified atom stereocenters. The van der Waals surface area contributed by atoms with Gasteiger partial charge in [0.15, 0.2) is 0 Å². The van der Waals surface area contributed by atoms with Crippen LogP contribution in [0, 0.1) is 0 Å². The normalized spacial score (nSPS) is 17.1. The molecule has 0 aliphatic carbocycles. The first-order valence-corrected chi connectivity index (χ1v) is 17.1. The Kier molecular flexibility index (Phi) is 8.22. The van der Waals surface area contributed by atoms with Crippen molar-refractivity contribution in [1.29, 1.82) is 0 Å². The number of hydrogen-bond acceptors (Lipinski definition) is 5. The highest BCUT2D eigenvalue weighted by Gasteiger charge is 2.35. The summed E-state index contributed by atoms with van der Waals surface area (Å²) in [5, 5.41) is 2.86. The number of aldehydes is 2. The summed E-state index contributed by atoms with van der Waals surface area (Å²) >= 11 is 8.63. The van der Waals surface area contributed by atoms with Gasteiger partial charge in [0.1, 0.15) is 12.6 Å². The Morgan fingerprint density at radius 2 is 1.61 bits per heavy atom. The predicted molar refractivity (Wildman–Crippen MR) is 172 cm³/mol. The average Bonchev–Trinajstić information content (AvgIpc) is 3.32. The van der Waals surface area contributed by atoms with E-state index < -0.39 is 10.2 Å². The molecule has 0 saturated carbocycles. The van der Waals surface area contributed by atoms with Gasteiger partial charge in [0.25, 0.3) is 5.15 Å². The highest BCUT2D eigenvalue weighted by Crippen LogP contribution is 2.60. The van der Waals surface area contributed by atoms with E-state index >= 15 is 0 Å². The fraction of sp³-hybridized carbons (Fsp3) is 0.242. The molecule has 4 aromatic rings. The maximum Gasteiger partial charge on any atom is 0.281 e. The van der Waals surface area contributed by atoms with Crippen molar-refractivity contribution in [2.24, 2.45) is 0 Å². The Hall–Kier alpha value is -3.10. The van der Waals surface area contributed by atoms with E-state index in [0.29, 0.717) is 16.7 Å². The summed E-state index contributed by atoms with van der Waals surface area (Å²) in [7, 11) is 0.354. The van der Waals surface area contributed by atoms with Crippen molar-refractivity contribution in [2.45, 2.75) is 29.1 Å². The highest BCUT2D eigenvalue weighted by atomic mass is 35.5. The van der Waals surface area contributed by atoms with Crippen LogP contribution < -0.4 is 9.47 Å². The van der Waals surface area contributed by atoms with E-state index in [1.807, 2.05) is 30.3 Å². The molecule has 0 bridgehead atoms. The Morgan fingerprint density at radius 1 is 0.902 bits per heavy atom. The Bertz CT molecular complexity index is 1630. The number of carbonyl (C=O) groups excluding carboxylic acids is 2. The van der Waals surface area contributed by atoms with Crippen LogP contribution in [-0.4, -0.2) is 48.5 Å². The monoisotopic (exact) mass is 602 g/mol. The first-order valence-electron chi connectivity index (χ1n) is 13.9. The summed E-state index contributed by atoms with van der Waals surface area (Å²) in [6.07, 6.45) is 7.65.